The van der Waals surface area contributed by atoms with E-state index >= 15 is 0 Å². The average Bonchev–Trinajstić information content (AvgIpc) is 3.32. The summed E-state index contributed by atoms with van der Waals surface area (Å²) in [7, 11) is 0. The van der Waals surface area contributed by atoms with Crippen molar-refractivity contribution in [1.29, 1.82) is 0 Å². The fourth-order valence-electron chi connectivity index (χ4n) is 3.43. The van der Waals surface area contributed by atoms with Gasteiger partial charge in [0.2, 0.25) is 5.01 Å². The fraction of sp³-hybridized carbons (Fsp3) is 0.192. The minimum atomic E-state index is -0.196. The van der Waals surface area contributed by atoms with E-state index in [1.54, 1.807) is 0 Å². The highest BCUT2D eigenvalue weighted by atomic mass is 32.1. The first-order valence-corrected chi connectivity index (χ1v) is 11.5. The minimum absolute atomic E-state index is 0.140. The molecule has 5 nitrogen and oxygen atoms in total. The zero-order valence-corrected chi connectivity index (χ0v) is 18.8. The van der Waals surface area contributed by atoms with Gasteiger partial charge in [0.1, 0.15) is 5.01 Å². The molecule has 0 saturated carbocycles. The molecule has 0 fully saturated rings. The lowest BCUT2D eigenvalue weighted by molar-refractivity contribution is 0.0950. The molecule has 1 unspecified atom stereocenters. The number of carbonyl (C=O) groups is 1. The molecule has 0 spiro atoms. The first kappa shape index (κ1) is 21.9. The number of nitrogens with zero attached hydrogens (tertiary/aromatic N) is 2. The van der Waals surface area contributed by atoms with Gasteiger partial charge < -0.3 is 10.6 Å². The van der Waals surface area contributed by atoms with Gasteiger partial charge in [0, 0.05) is 12.6 Å². The van der Waals surface area contributed by atoms with E-state index in [1.165, 1.54) is 28.0 Å². The summed E-state index contributed by atoms with van der Waals surface area (Å²) >= 11 is 1.33. The predicted octanol–water partition coefficient (Wildman–Crippen LogP) is 4.85. The van der Waals surface area contributed by atoms with E-state index in [0.29, 0.717) is 18.1 Å². The number of rotatable bonds is 9. The summed E-state index contributed by atoms with van der Waals surface area (Å²) < 4.78 is 0. The molecule has 0 saturated heterocycles. The highest BCUT2D eigenvalue weighted by Crippen LogP contribution is 2.20. The van der Waals surface area contributed by atoms with Crippen LogP contribution in [0.3, 0.4) is 0 Å². The number of hydrogen-bond acceptors (Lipinski definition) is 5. The summed E-state index contributed by atoms with van der Waals surface area (Å²) in [5.41, 5.74) is 4.74. The van der Waals surface area contributed by atoms with Gasteiger partial charge in [0.25, 0.3) is 5.91 Å². The summed E-state index contributed by atoms with van der Waals surface area (Å²) in [5.74, 6) is -0.196. The Morgan fingerprint density at radius 2 is 1.53 bits per heavy atom. The maximum Gasteiger partial charge on any atom is 0.282 e. The first-order chi connectivity index (χ1) is 15.7. The predicted molar refractivity (Wildman–Crippen MR) is 128 cm³/mol. The Morgan fingerprint density at radius 1 is 0.844 bits per heavy atom. The molecule has 6 heteroatoms. The molecule has 0 aliphatic rings. The molecule has 0 radical (unpaired) electrons. The van der Waals surface area contributed by atoms with Crippen molar-refractivity contribution in [3.63, 3.8) is 0 Å². The van der Waals surface area contributed by atoms with Crippen molar-refractivity contribution in [2.75, 3.05) is 0 Å². The van der Waals surface area contributed by atoms with Crippen molar-refractivity contribution in [3.8, 4) is 0 Å². The largest absolute Gasteiger partial charge is 0.346 e. The molecule has 1 amide bonds. The Hall–Kier alpha value is -3.35. The van der Waals surface area contributed by atoms with E-state index in [2.05, 4.69) is 69.4 Å². The first-order valence-electron chi connectivity index (χ1n) is 10.7. The van der Waals surface area contributed by atoms with E-state index < -0.39 is 0 Å². The third-order valence-electron chi connectivity index (χ3n) is 5.22. The SMILES string of the molecule is Cc1ccc(CNC(=O)c2nnc(CNC(Cc3ccccc3)c3ccccc3)s2)cc1. The highest BCUT2D eigenvalue weighted by molar-refractivity contribution is 7.13. The fourth-order valence-corrected chi connectivity index (χ4v) is 4.14. The molecule has 4 aromatic rings. The lowest BCUT2D eigenvalue weighted by Gasteiger charge is -2.19. The van der Waals surface area contributed by atoms with E-state index in [4.69, 9.17) is 0 Å². The van der Waals surface area contributed by atoms with E-state index in [0.717, 1.165) is 17.0 Å². The molecular weight excluding hydrogens is 416 g/mol. The maximum absolute atomic E-state index is 12.5. The Labute approximate surface area is 192 Å². The van der Waals surface area contributed by atoms with Crippen molar-refractivity contribution < 1.29 is 4.79 Å². The molecule has 2 N–H and O–H groups in total. The minimum Gasteiger partial charge on any atom is -0.346 e. The highest BCUT2D eigenvalue weighted by Gasteiger charge is 2.16. The second kappa shape index (κ2) is 10.8. The van der Waals surface area contributed by atoms with Gasteiger partial charge in [0.15, 0.2) is 0 Å². The third kappa shape index (κ3) is 6.09. The molecule has 32 heavy (non-hydrogen) atoms. The Balaban J connectivity index is 1.36. The summed E-state index contributed by atoms with van der Waals surface area (Å²) in [5, 5.41) is 16.0. The van der Waals surface area contributed by atoms with Crippen molar-refractivity contribution in [2.24, 2.45) is 0 Å². The van der Waals surface area contributed by atoms with Gasteiger partial charge in [-0.15, -0.1) is 10.2 Å². The molecule has 0 aliphatic heterocycles. The van der Waals surface area contributed by atoms with Crippen LogP contribution in [0.1, 0.15) is 43.1 Å². The van der Waals surface area contributed by atoms with Gasteiger partial charge in [-0.25, -0.2) is 0 Å². The van der Waals surface area contributed by atoms with E-state index in [-0.39, 0.29) is 11.9 Å². The van der Waals surface area contributed by atoms with Crippen LogP contribution in [0.5, 0.6) is 0 Å². The Bertz CT molecular complexity index is 1130. The number of carbonyl (C=O) groups excluding carboxylic acids is 1. The van der Waals surface area contributed by atoms with E-state index in [1.807, 2.05) is 43.3 Å². The Morgan fingerprint density at radius 3 is 2.25 bits per heavy atom. The van der Waals surface area contributed by atoms with Crippen LogP contribution in [-0.4, -0.2) is 16.1 Å². The normalized spacial score (nSPS) is 11.8. The molecule has 0 aliphatic carbocycles. The second-order valence-corrected chi connectivity index (χ2v) is 8.77. The zero-order valence-electron chi connectivity index (χ0n) is 18.0. The van der Waals surface area contributed by atoms with Crippen LogP contribution in [0.2, 0.25) is 0 Å². The molecule has 0 bridgehead atoms. The second-order valence-electron chi connectivity index (χ2n) is 7.70. The number of nitrogens with one attached hydrogen (secondary N) is 2. The van der Waals surface area contributed by atoms with Crippen molar-refractivity contribution in [2.45, 2.75) is 32.5 Å². The lowest BCUT2D eigenvalue weighted by atomic mass is 9.99. The van der Waals surface area contributed by atoms with Gasteiger partial charge in [-0.3, -0.25) is 4.79 Å². The van der Waals surface area contributed by atoms with Crippen LogP contribution in [0.25, 0.3) is 0 Å². The van der Waals surface area contributed by atoms with Crippen molar-refractivity contribution in [1.82, 2.24) is 20.8 Å². The summed E-state index contributed by atoms with van der Waals surface area (Å²) in [6.07, 6.45) is 0.869. The molecule has 1 atom stereocenters. The smallest absolute Gasteiger partial charge is 0.282 e. The third-order valence-corrected chi connectivity index (χ3v) is 6.14. The summed E-state index contributed by atoms with van der Waals surface area (Å²) in [6.45, 7) is 3.07. The number of aryl methyl sites for hydroxylation is 1. The quantitative estimate of drug-likeness (QED) is 0.389. The standard InChI is InChI=1S/C26H26N4OS/c1-19-12-14-21(15-13-19)17-28-25(31)26-30-29-24(32-26)18-27-23(22-10-6-3-7-11-22)16-20-8-4-2-5-9-20/h2-15,23,27H,16-18H2,1H3,(H,28,31). The Kier molecular flexibility index (Phi) is 7.38. The molecule has 1 aromatic heterocycles. The van der Waals surface area contributed by atoms with Crippen LogP contribution >= 0.6 is 11.3 Å². The molecular formula is C26H26N4OS. The topological polar surface area (TPSA) is 66.9 Å². The monoisotopic (exact) mass is 442 g/mol. The zero-order chi connectivity index (χ0) is 22.2. The van der Waals surface area contributed by atoms with Crippen molar-refractivity contribution >= 4 is 17.2 Å². The molecule has 3 aromatic carbocycles. The van der Waals surface area contributed by atoms with Gasteiger partial charge in [-0.2, -0.15) is 0 Å². The summed E-state index contributed by atoms with van der Waals surface area (Å²) in [6, 6.07) is 29.1. The molecule has 162 valence electrons. The van der Waals surface area contributed by atoms with Gasteiger partial charge in [-0.05, 0) is 30.0 Å². The number of benzene rings is 3. The van der Waals surface area contributed by atoms with Crippen LogP contribution in [0.15, 0.2) is 84.9 Å². The van der Waals surface area contributed by atoms with Crippen LogP contribution in [0, 0.1) is 6.92 Å². The maximum atomic E-state index is 12.5. The van der Waals surface area contributed by atoms with Gasteiger partial charge in [-0.1, -0.05) is 102 Å². The average molecular weight is 443 g/mol. The van der Waals surface area contributed by atoms with Crippen LogP contribution in [-0.2, 0) is 19.5 Å². The number of aromatic nitrogens is 2. The molecule has 1 heterocycles. The number of amides is 1. The van der Waals surface area contributed by atoms with Crippen molar-refractivity contribution in [3.05, 3.63) is 117 Å². The summed E-state index contributed by atoms with van der Waals surface area (Å²) in [4.78, 5) is 12.5. The molecule has 4 rings (SSSR count). The number of hydrogen-bond donors (Lipinski definition) is 2. The van der Waals surface area contributed by atoms with Crippen LogP contribution < -0.4 is 10.6 Å². The van der Waals surface area contributed by atoms with E-state index in [9.17, 15) is 4.79 Å². The lowest BCUT2D eigenvalue weighted by Crippen LogP contribution is -2.23. The van der Waals surface area contributed by atoms with Crippen LogP contribution in [0.4, 0.5) is 0 Å². The van der Waals surface area contributed by atoms with Gasteiger partial charge >= 0.3 is 0 Å². The van der Waals surface area contributed by atoms with Gasteiger partial charge in [0.05, 0.1) is 6.54 Å².